The van der Waals surface area contributed by atoms with Crippen molar-refractivity contribution in [2.45, 2.75) is 191 Å². The van der Waals surface area contributed by atoms with Crippen molar-refractivity contribution in [3.8, 4) is 23.7 Å². The van der Waals surface area contributed by atoms with Crippen LogP contribution in [0.15, 0.2) is 0 Å². The van der Waals surface area contributed by atoms with Crippen molar-refractivity contribution in [1.82, 2.24) is 0 Å². The minimum absolute atomic E-state index is 0.0819. The zero-order valence-corrected chi connectivity index (χ0v) is 27.6. The number of aliphatic hydroxyl groups excluding tert-OH is 2. The molecule has 6 aliphatic carbocycles. The summed E-state index contributed by atoms with van der Waals surface area (Å²) < 4.78 is 13.3. The maximum absolute atomic E-state index is 9.72. The summed E-state index contributed by atoms with van der Waals surface area (Å²) in [6.45, 7) is 0. The molecule has 6 aliphatic rings. The van der Waals surface area contributed by atoms with Gasteiger partial charge in [0.25, 0.3) is 0 Å². The van der Waals surface area contributed by atoms with Gasteiger partial charge in [-0.1, -0.05) is 23.7 Å². The lowest BCUT2D eigenvalue weighted by Crippen LogP contribution is -2.34. The summed E-state index contributed by atoms with van der Waals surface area (Å²) >= 11 is 0. The highest BCUT2D eigenvalue weighted by atomic mass is 16.5. The largest absolute Gasteiger partial charge is 0.393 e. The van der Waals surface area contributed by atoms with Gasteiger partial charge in [-0.25, -0.2) is 0 Å². The number of hydrogen-bond acceptors (Lipinski definition) is 4. The van der Waals surface area contributed by atoms with Crippen LogP contribution >= 0.6 is 0 Å². The van der Waals surface area contributed by atoms with Crippen molar-refractivity contribution in [3.05, 3.63) is 0 Å². The molecule has 0 heterocycles. The molecule has 44 heavy (non-hydrogen) atoms. The molecule has 0 saturated heterocycles. The molecule has 6 fully saturated rings. The van der Waals surface area contributed by atoms with Crippen LogP contribution in [0.4, 0.5) is 0 Å². The van der Waals surface area contributed by atoms with Gasteiger partial charge in [-0.15, -0.1) is 0 Å². The van der Waals surface area contributed by atoms with E-state index in [0.29, 0.717) is 48.1 Å². The van der Waals surface area contributed by atoms with Crippen molar-refractivity contribution in [2.24, 2.45) is 35.5 Å². The van der Waals surface area contributed by atoms with E-state index < -0.39 is 0 Å². The van der Waals surface area contributed by atoms with Gasteiger partial charge in [-0.3, -0.25) is 0 Å². The van der Waals surface area contributed by atoms with Crippen LogP contribution in [0.3, 0.4) is 0 Å². The van der Waals surface area contributed by atoms with Gasteiger partial charge >= 0.3 is 0 Å². The fourth-order valence-electron chi connectivity index (χ4n) is 9.53. The summed E-state index contributed by atoms with van der Waals surface area (Å²) in [7, 11) is 0. The van der Waals surface area contributed by atoms with E-state index in [4.69, 9.17) is 9.47 Å². The number of rotatable bonds is 5. The van der Waals surface area contributed by atoms with Gasteiger partial charge in [0, 0.05) is 23.7 Å². The molecule has 2 N–H and O–H groups in total. The Morgan fingerprint density at radius 3 is 0.795 bits per heavy atom. The van der Waals surface area contributed by atoms with Crippen LogP contribution < -0.4 is 0 Å². The molecular formula is C40H62O4. The number of hydrogen-bond donors (Lipinski definition) is 2. The zero-order valence-electron chi connectivity index (χ0n) is 27.6. The molecule has 0 amide bonds. The highest BCUT2D eigenvalue weighted by Gasteiger charge is 2.34. The second kappa shape index (κ2) is 16.7. The molecule has 4 heteroatoms. The van der Waals surface area contributed by atoms with Crippen molar-refractivity contribution in [2.75, 3.05) is 0 Å². The first kappa shape index (κ1) is 32.9. The van der Waals surface area contributed by atoms with E-state index in [0.717, 1.165) is 63.2 Å². The topological polar surface area (TPSA) is 58.9 Å². The highest BCUT2D eigenvalue weighted by Crippen LogP contribution is 2.41. The first-order valence-corrected chi connectivity index (χ1v) is 19.2. The Bertz CT molecular complexity index is 874. The third-order valence-corrected chi connectivity index (χ3v) is 12.6. The monoisotopic (exact) mass is 606 g/mol. The Labute approximate surface area is 269 Å². The van der Waals surface area contributed by atoms with E-state index in [1.807, 2.05) is 0 Å². The van der Waals surface area contributed by atoms with Crippen molar-refractivity contribution in [3.63, 3.8) is 0 Å². The molecule has 0 unspecified atom stereocenters. The Hall–Kier alpha value is -1.04. The van der Waals surface area contributed by atoms with Crippen LogP contribution in [-0.4, -0.2) is 46.8 Å². The summed E-state index contributed by atoms with van der Waals surface area (Å²) in [4.78, 5) is 0. The van der Waals surface area contributed by atoms with Crippen LogP contribution in [-0.2, 0) is 9.47 Å². The van der Waals surface area contributed by atoms with E-state index in [2.05, 4.69) is 23.7 Å². The Morgan fingerprint density at radius 1 is 0.295 bits per heavy atom. The molecule has 4 nitrogen and oxygen atoms in total. The molecule has 0 spiro atoms. The Morgan fingerprint density at radius 2 is 0.523 bits per heavy atom. The van der Waals surface area contributed by atoms with E-state index in [1.54, 1.807) is 0 Å². The van der Waals surface area contributed by atoms with Crippen molar-refractivity contribution < 1.29 is 19.7 Å². The van der Waals surface area contributed by atoms with Gasteiger partial charge in [-0.2, -0.15) is 0 Å². The van der Waals surface area contributed by atoms with Gasteiger partial charge in [0.1, 0.15) is 0 Å². The quantitative estimate of drug-likeness (QED) is 0.309. The molecule has 0 atom stereocenters. The summed E-state index contributed by atoms with van der Waals surface area (Å²) in [6.07, 6.45) is 29.9. The van der Waals surface area contributed by atoms with Gasteiger partial charge in [0.05, 0.1) is 36.6 Å². The van der Waals surface area contributed by atoms with E-state index in [9.17, 15) is 10.2 Å². The van der Waals surface area contributed by atoms with E-state index >= 15 is 0 Å². The number of ether oxygens (including phenoxy) is 2. The average Bonchev–Trinajstić information content (AvgIpc) is 3.06. The molecule has 0 aromatic carbocycles. The third-order valence-electron chi connectivity index (χ3n) is 12.6. The summed E-state index contributed by atoms with van der Waals surface area (Å²) in [6, 6.07) is 0. The van der Waals surface area contributed by atoms with Gasteiger partial charge < -0.3 is 19.7 Å². The minimum atomic E-state index is -0.0819. The first-order chi connectivity index (χ1) is 21.6. The standard InChI is InChI=1S/C40H62O4/c41-35-17-5-29(6-18-35)1-3-31-9-21-37(22-10-31)43-39-25-13-33(14-26-39)34-15-27-40(28-16-34)44-38-23-11-32(12-24-38)4-2-30-7-19-36(42)20-8-30/h29-42H,5-28H2. The molecule has 0 aliphatic heterocycles. The average molecular weight is 607 g/mol. The van der Waals surface area contributed by atoms with Gasteiger partial charge in [0.15, 0.2) is 0 Å². The molecule has 0 aromatic rings. The smallest absolute Gasteiger partial charge is 0.0579 e. The van der Waals surface area contributed by atoms with E-state index in [-0.39, 0.29) is 12.2 Å². The summed E-state index contributed by atoms with van der Waals surface area (Å²) in [5, 5.41) is 19.4. The minimum Gasteiger partial charge on any atom is -0.393 e. The normalized spacial score (nSPS) is 43.6. The van der Waals surface area contributed by atoms with Crippen LogP contribution in [0.1, 0.15) is 154 Å². The SMILES string of the molecule is OC1CCC(C#CC2CCC(OC3CCC(C4CCC(OC5CCC(C#CC6CCC(O)CC6)CC5)CC4)CC3)CC2)CC1. The van der Waals surface area contributed by atoms with Crippen LogP contribution in [0.2, 0.25) is 0 Å². The maximum atomic E-state index is 9.72. The maximum Gasteiger partial charge on any atom is 0.0579 e. The molecule has 0 radical (unpaired) electrons. The van der Waals surface area contributed by atoms with Gasteiger partial charge in [-0.05, 0) is 166 Å². The molecule has 6 saturated carbocycles. The third kappa shape index (κ3) is 9.98. The van der Waals surface area contributed by atoms with Crippen LogP contribution in [0.25, 0.3) is 0 Å². The molecule has 0 aromatic heterocycles. The molecule has 246 valence electrons. The van der Waals surface area contributed by atoms with E-state index in [1.165, 1.54) is 103 Å². The summed E-state index contributed by atoms with van der Waals surface area (Å²) in [5.74, 6) is 18.3. The van der Waals surface area contributed by atoms with Crippen LogP contribution in [0, 0.1) is 59.2 Å². The predicted molar refractivity (Wildman–Crippen MR) is 177 cm³/mol. The first-order valence-electron chi connectivity index (χ1n) is 19.2. The van der Waals surface area contributed by atoms with Gasteiger partial charge in [0.2, 0.25) is 0 Å². The van der Waals surface area contributed by atoms with Crippen molar-refractivity contribution >= 4 is 0 Å². The summed E-state index contributed by atoms with van der Waals surface area (Å²) in [5.41, 5.74) is 0. The Kier molecular flexibility index (Phi) is 12.5. The second-order valence-electron chi connectivity index (χ2n) is 15.9. The molecule has 6 rings (SSSR count). The highest BCUT2D eigenvalue weighted by molar-refractivity contribution is 5.10. The van der Waals surface area contributed by atoms with Crippen molar-refractivity contribution in [1.29, 1.82) is 0 Å². The second-order valence-corrected chi connectivity index (χ2v) is 15.9. The molecule has 0 bridgehead atoms. The molecular weight excluding hydrogens is 544 g/mol. The predicted octanol–water partition coefficient (Wildman–Crippen LogP) is 8.36. The fourth-order valence-corrected chi connectivity index (χ4v) is 9.53. The lowest BCUT2D eigenvalue weighted by molar-refractivity contribution is -0.0700. The lowest BCUT2D eigenvalue weighted by atomic mass is 9.72. The lowest BCUT2D eigenvalue weighted by Gasteiger charge is -2.40. The zero-order chi connectivity index (χ0) is 30.1. The van der Waals surface area contributed by atoms with Crippen LogP contribution in [0.5, 0.6) is 0 Å². The Balaban J connectivity index is 0.813. The number of aliphatic hydroxyl groups is 2. The fraction of sp³-hybridized carbons (Fsp3) is 0.900.